The first-order chi connectivity index (χ1) is 13.1. The second kappa shape index (κ2) is 8.82. The van der Waals surface area contributed by atoms with Crippen LogP contribution >= 0.6 is 0 Å². The Morgan fingerprint density at radius 3 is 2.56 bits per heavy atom. The number of hydrogen-bond acceptors (Lipinski definition) is 3. The van der Waals surface area contributed by atoms with E-state index in [9.17, 15) is 4.79 Å². The van der Waals surface area contributed by atoms with E-state index in [1.807, 2.05) is 11.8 Å². The molecule has 1 amide bonds. The highest BCUT2D eigenvalue weighted by Crippen LogP contribution is 2.21. The molecule has 27 heavy (non-hydrogen) atoms. The summed E-state index contributed by atoms with van der Waals surface area (Å²) < 4.78 is 1.40. The number of rotatable bonds is 4. The van der Waals surface area contributed by atoms with E-state index < -0.39 is 0 Å². The van der Waals surface area contributed by atoms with Crippen LogP contribution in [0.2, 0.25) is 0 Å². The lowest BCUT2D eigenvalue weighted by atomic mass is 9.99. The van der Waals surface area contributed by atoms with Gasteiger partial charge in [0.15, 0.2) is 0 Å². The van der Waals surface area contributed by atoms with Crippen molar-refractivity contribution in [3.05, 3.63) is 71.6 Å². The number of carbonyl (C=O) groups is 1. The molecule has 1 aromatic heterocycles. The van der Waals surface area contributed by atoms with Crippen molar-refractivity contribution in [2.24, 2.45) is 0 Å². The molecule has 2 heterocycles. The maximum atomic E-state index is 12.4. The average molecular weight is 364 g/mol. The summed E-state index contributed by atoms with van der Waals surface area (Å²) in [5.41, 5.74) is 5.16. The first kappa shape index (κ1) is 19.1. The van der Waals surface area contributed by atoms with E-state index in [1.165, 1.54) is 26.9 Å². The van der Waals surface area contributed by atoms with E-state index in [0.29, 0.717) is 0 Å². The minimum Gasteiger partial charge on any atom is -0.320 e. The third-order valence-corrected chi connectivity index (χ3v) is 5.07. The molecule has 0 unspecified atom stereocenters. The Bertz CT molecular complexity index is 828. The lowest BCUT2D eigenvalue weighted by molar-refractivity contribution is 0.134. The van der Waals surface area contributed by atoms with Crippen molar-refractivity contribution in [3.8, 4) is 0 Å². The number of allylic oxidation sites excluding steroid dienone is 4. The summed E-state index contributed by atoms with van der Waals surface area (Å²) >= 11 is 0. The van der Waals surface area contributed by atoms with Gasteiger partial charge < -0.3 is 4.90 Å². The van der Waals surface area contributed by atoms with Gasteiger partial charge in [-0.2, -0.15) is 9.78 Å². The second-order valence-electron chi connectivity index (χ2n) is 6.88. The minimum atomic E-state index is -0.0388. The Labute approximate surface area is 161 Å². The Morgan fingerprint density at radius 2 is 1.96 bits per heavy atom. The highest BCUT2D eigenvalue weighted by atomic mass is 16.2. The molecule has 0 bridgehead atoms. The third-order valence-electron chi connectivity index (χ3n) is 5.07. The molecule has 1 saturated heterocycles. The number of aryl methyl sites for hydroxylation is 1. The minimum absolute atomic E-state index is 0.0388. The molecule has 142 valence electrons. The van der Waals surface area contributed by atoms with Crippen molar-refractivity contribution in [2.75, 3.05) is 26.2 Å². The molecule has 0 saturated carbocycles. The Balaban J connectivity index is 1.60. The van der Waals surface area contributed by atoms with Crippen LogP contribution < -0.4 is 0 Å². The largest absolute Gasteiger partial charge is 0.344 e. The van der Waals surface area contributed by atoms with Crippen LogP contribution in [0, 0.1) is 6.92 Å². The molecule has 0 spiro atoms. The van der Waals surface area contributed by atoms with Gasteiger partial charge in [0.1, 0.15) is 0 Å². The van der Waals surface area contributed by atoms with Gasteiger partial charge in [0.05, 0.1) is 0 Å². The van der Waals surface area contributed by atoms with Crippen LogP contribution in [-0.4, -0.2) is 51.8 Å². The Kier molecular flexibility index (Phi) is 6.24. The third kappa shape index (κ3) is 4.55. The lowest BCUT2D eigenvalue weighted by Crippen LogP contribution is -2.49. The molecule has 5 nitrogen and oxygen atoms in total. The van der Waals surface area contributed by atoms with Gasteiger partial charge in [-0.25, -0.2) is 4.79 Å². The number of piperazine rings is 1. The number of amides is 1. The van der Waals surface area contributed by atoms with Crippen molar-refractivity contribution in [1.29, 1.82) is 0 Å². The van der Waals surface area contributed by atoms with Gasteiger partial charge in [0, 0.05) is 45.1 Å². The monoisotopic (exact) mass is 364 g/mol. The predicted molar refractivity (Wildman–Crippen MR) is 110 cm³/mol. The fourth-order valence-corrected chi connectivity index (χ4v) is 3.46. The zero-order valence-corrected chi connectivity index (χ0v) is 16.4. The molecule has 1 fully saturated rings. The van der Waals surface area contributed by atoms with Gasteiger partial charge in [0.2, 0.25) is 0 Å². The number of hydrogen-bond donors (Lipinski definition) is 0. The van der Waals surface area contributed by atoms with Crippen LogP contribution in [0.4, 0.5) is 4.79 Å². The molecular weight excluding hydrogens is 336 g/mol. The van der Waals surface area contributed by atoms with Gasteiger partial charge in [-0.3, -0.25) is 4.90 Å². The van der Waals surface area contributed by atoms with E-state index in [-0.39, 0.29) is 6.03 Å². The molecule has 2 aromatic rings. The molecule has 0 atom stereocenters. The van der Waals surface area contributed by atoms with Gasteiger partial charge in [-0.05, 0) is 49.1 Å². The number of aromatic nitrogens is 2. The van der Waals surface area contributed by atoms with E-state index in [1.54, 1.807) is 18.5 Å². The van der Waals surface area contributed by atoms with Crippen LogP contribution in [0.3, 0.4) is 0 Å². The summed E-state index contributed by atoms with van der Waals surface area (Å²) in [5, 5.41) is 4.03. The van der Waals surface area contributed by atoms with Gasteiger partial charge in [0.25, 0.3) is 0 Å². The topological polar surface area (TPSA) is 41.4 Å². The molecule has 3 rings (SSSR count). The van der Waals surface area contributed by atoms with Crippen LogP contribution in [0.1, 0.15) is 30.5 Å². The maximum Gasteiger partial charge on any atom is 0.344 e. The summed E-state index contributed by atoms with van der Waals surface area (Å²) in [6, 6.07) is 8.44. The second-order valence-corrected chi connectivity index (χ2v) is 6.88. The van der Waals surface area contributed by atoms with E-state index in [2.05, 4.69) is 60.3 Å². The van der Waals surface area contributed by atoms with Crippen LogP contribution in [0.5, 0.6) is 0 Å². The van der Waals surface area contributed by atoms with Gasteiger partial charge in [-0.1, -0.05) is 36.4 Å². The maximum absolute atomic E-state index is 12.4. The molecule has 1 aromatic carbocycles. The van der Waals surface area contributed by atoms with Gasteiger partial charge in [-0.15, -0.1) is 0 Å². The molecule has 0 aliphatic carbocycles. The first-order valence-corrected chi connectivity index (χ1v) is 9.52. The molecule has 1 aliphatic rings. The summed E-state index contributed by atoms with van der Waals surface area (Å²) in [7, 11) is 0. The van der Waals surface area contributed by atoms with Crippen molar-refractivity contribution in [2.45, 2.75) is 27.3 Å². The summed E-state index contributed by atoms with van der Waals surface area (Å²) in [6.07, 6.45) is 9.69. The van der Waals surface area contributed by atoms with Crippen LogP contribution in [-0.2, 0) is 6.54 Å². The standard InChI is InChI=1S/C22H28N4O/c1-4-7-19(5-2)20-8-9-21(18(3)16-20)17-24-12-14-25(15-13-24)22(27)26-11-6-10-23-26/h4-11,16H,12-15,17H2,1-3H3. The molecular formula is C22H28N4O. The Morgan fingerprint density at radius 1 is 1.19 bits per heavy atom. The van der Waals surface area contributed by atoms with E-state index in [0.717, 1.165) is 32.7 Å². The predicted octanol–water partition coefficient (Wildman–Crippen LogP) is 3.96. The van der Waals surface area contributed by atoms with Crippen molar-refractivity contribution < 1.29 is 4.79 Å². The smallest absolute Gasteiger partial charge is 0.320 e. The summed E-state index contributed by atoms with van der Waals surface area (Å²) in [5.74, 6) is 0. The fraction of sp³-hybridized carbons (Fsp3) is 0.364. The average Bonchev–Trinajstić information content (AvgIpc) is 3.22. The number of carbonyl (C=O) groups excluding carboxylic acids is 1. The van der Waals surface area contributed by atoms with Crippen molar-refractivity contribution in [1.82, 2.24) is 19.6 Å². The van der Waals surface area contributed by atoms with E-state index in [4.69, 9.17) is 0 Å². The summed E-state index contributed by atoms with van der Waals surface area (Å²) in [6.45, 7) is 10.5. The Hall–Kier alpha value is -2.66. The molecule has 0 N–H and O–H groups in total. The van der Waals surface area contributed by atoms with Gasteiger partial charge >= 0.3 is 6.03 Å². The molecule has 0 radical (unpaired) electrons. The highest BCUT2D eigenvalue weighted by molar-refractivity contribution is 5.76. The zero-order chi connectivity index (χ0) is 19.2. The SMILES string of the molecule is CC=CC(=CC)c1ccc(CN2CCN(C(=O)n3cccn3)CC2)c(C)c1. The van der Waals surface area contributed by atoms with Crippen molar-refractivity contribution >= 4 is 11.6 Å². The van der Waals surface area contributed by atoms with Crippen LogP contribution in [0.25, 0.3) is 5.57 Å². The van der Waals surface area contributed by atoms with Crippen molar-refractivity contribution in [3.63, 3.8) is 0 Å². The highest BCUT2D eigenvalue weighted by Gasteiger charge is 2.22. The van der Waals surface area contributed by atoms with Crippen LogP contribution in [0.15, 0.2) is 54.9 Å². The van der Waals surface area contributed by atoms with E-state index >= 15 is 0 Å². The normalized spacial score (nSPS) is 16.3. The quantitative estimate of drug-likeness (QED) is 0.771. The number of benzene rings is 1. The molecule has 1 aliphatic heterocycles. The fourth-order valence-electron chi connectivity index (χ4n) is 3.46. The molecule has 5 heteroatoms. The zero-order valence-electron chi connectivity index (χ0n) is 16.4. The first-order valence-electron chi connectivity index (χ1n) is 9.52. The summed E-state index contributed by atoms with van der Waals surface area (Å²) in [4.78, 5) is 16.6. The lowest BCUT2D eigenvalue weighted by Gasteiger charge is -2.34. The number of nitrogens with zero attached hydrogens (tertiary/aromatic N) is 4.